The van der Waals surface area contributed by atoms with Gasteiger partial charge in [-0.2, -0.15) is 5.10 Å². The normalized spacial score (nSPS) is 12.7. The summed E-state index contributed by atoms with van der Waals surface area (Å²) in [7, 11) is 0. The van der Waals surface area contributed by atoms with E-state index in [9.17, 15) is 4.79 Å². The van der Waals surface area contributed by atoms with Crippen LogP contribution in [0.3, 0.4) is 0 Å². The molecule has 114 valence electrons. The molecule has 4 rings (SSSR count). The molecule has 0 spiro atoms. The fourth-order valence-electron chi connectivity index (χ4n) is 2.76. The van der Waals surface area contributed by atoms with Gasteiger partial charge in [0.15, 0.2) is 0 Å². The fourth-order valence-corrected chi connectivity index (χ4v) is 2.76. The average Bonchev–Trinajstić information content (AvgIpc) is 3.18. The van der Waals surface area contributed by atoms with Gasteiger partial charge in [-0.3, -0.25) is 9.97 Å². The molecule has 0 atom stereocenters. The molecule has 0 amide bonds. The highest BCUT2D eigenvalue weighted by molar-refractivity contribution is 5.88. The number of aromatic nitrogens is 4. The van der Waals surface area contributed by atoms with Crippen LogP contribution in [0.15, 0.2) is 42.9 Å². The number of fused-ring (bicyclic) bond motifs is 1. The lowest BCUT2D eigenvalue weighted by molar-refractivity contribution is 0.0697. The molecular formula is C16H13N5O2. The molecule has 0 saturated heterocycles. The monoisotopic (exact) mass is 307 g/mol. The summed E-state index contributed by atoms with van der Waals surface area (Å²) in [5.74, 6) is -0.0778. The Morgan fingerprint density at radius 2 is 2.22 bits per heavy atom. The largest absolute Gasteiger partial charge is 0.478 e. The maximum absolute atomic E-state index is 11.2. The first-order valence-corrected chi connectivity index (χ1v) is 7.20. The topological polar surface area (TPSA) is 92.9 Å². The molecule has 7 heteroatoms. The summed E-state index contributed by atoms with van der Waals surface area (Å²) in [5, 5.41) is 17.1. The highest BCUT2D eigenvalue weighted by atomic mass is 16.4. The second-order valence-electron chi connectivity index (χ2n) is 5.21. The average molecular weight is 307 g/mol. The Bertz CT molecular complexity index is 889. The molecule has 0 unspecified atom stereocenters. The van der Waals surface area contributed by atoms with Crippen LogP contribution in [0.1, 0.15) is 15.9 Å². The molecular weight excluding hydrogens is 294 g/mol. The second kappa shape index (κ2) is 5.20. The Kier molecular flexibility index (Phi) is 3.04. The van der Waals surface area contributed by atoms with E-state index in [4.69, 9.17) is 5.11 Å². The highest BCUT2D eigenvalue weighted by Gasteiger charge is 2.24. The quantitative estimate of drug-likeness (QED) is 0.768. The minimum atomic E-state index is -0.960. The van der Waals surface area contributed by atoms with Crippen LogP contribution in [-0.4, -0.2) is 37.4 Å². The van der Waals surface area contributed by atoms with Crippen molar-refractivity contribution >= 4 is 11.8 Å². The summed E-state index contributed by atoms with van der Waals surface area (Å²) in [4.78, 5) is 19.6. The van der Waals surface area contributed by atoms with Crippen molar-refractivity contribution in [2.24, 2.45) is 0 Å². The Morgan fingerprint density at radius 1 is 1.30 bits per heavy atom. The van der Waals surface area contributed by atoms with E-state index in [1.54, 1.807) is 41.5 Å². The number of carbonyl (C=O) groups is 1. The van der Waals surface area contributed by atoms with Crippen molar-refractivity contribution in [3.8, 4) is 17.1 Å². The van der Waals surface area contributed by atoms with Crippen molar-refractivity contribution in [2.45, 2.75) is 6.42 Å². The molecule has 3 aromatic rings. The van der Waals surface area contributed by atoms with Crippen LogP contribution in [0.25, 0.3) is 17.1 Å². The lowest BCUT2D eigenvalue weighted by atomic mass is 10.1. The van der Waals surface area contributed by atoms with Gasteiger partial charge in [0, 0.05) is 24.5 Å². The molecule has 0 radical (unpaired) electrons. The zero-order valence-electron chi connectivity index (χ0n) is 12.1. The fraction of sp³-hybridized carbons (Fsp3) is 0.125. The summed E-state index contributed by atoms with van der Waals surface area (Å²) in [6, 6.07) is 6.71. The van der Waals surface area contributed by atoms with Crippen molar-refractivity contribution in [3.63, 3.8) is 0 Å². The van der Waals surface area contributed by atoms with Gasteiger partial charge in [0.2, 0.25) is 0 Å². The molecule has 2 aromatic heterocycles. The van der Waals surface area contributed by atoms with Crippen LogP contribution in [0.4, 0.5) is 5.82 Å². The zero-order valence-corrected chi connectivity index (χ0v) is 12.1. The molecule has 2 N–H and O–H groups in total. The van der Waals surface area contributed by atoms with Gasteiger partial charge in [0.25, 0.3) is 0 Å². The zero-order chi connectivity index (χ0) is 15.8. The van der Waals surface area contributed by atoms with E-state index in [-0.39, 0.29) is 5.56 Å². The number of aromatic carboxylic acids is 1. The van der Waals surface area contributed by atoms with Crippen LogP contribution in [0.2, 0.25) is 0 Å². The van der Waals surface area contributed by atoms with E-state index >= 15 is 0 Å². The minimum absolute atomic E-state index is 0.228. The molecule has 0 bridgehead atoms. The van der Waals surface area contributed by atoms with E-state index in [0.717, 1.165) is 30.0 Å². The number of carboxylic acid groups (broad SMARTS) is 1. The van der Waals surface area contributed by atoms with Gasteiger partial charge >= 0.3 is 5.97 Å². The first kappa shape index (κ1) is 13.4. The summed E-state index contributed by atoms with van der Waals surface area (Å²) >= 11 is 0. The molecule has 7 nitrogen and oxygen atoms in total. The molecule has 3 heterocycles. The van der Waals surface area contributed by atoms with Gasteiger partial charge < -0.3 is 10.4 Å². The Hall–Kier alpha value is -3.22. The third-order valence-electron chi connectivity index (χ3n) is 3.79. The maximum Gasteiger partial charge on any atom is 0.335 e. The Morgan fingerprint density at radius 3 is 3.00 bits per heavy atom. The molecule has 0 aliphatic carbocycles. The number of rotatable bonds is 3. The molecule has 0 fully saturated rings. The third-order valence-corrected chi connectivity index (χ3v) is 3.79. The highest BCUT2D eigenvalue weighted by Crippen LogP contribution is 2.33. The van der Waals surface area contributed by atoms with Crippen molar-refractivity contribution in [2.75, 3.05) is 11.9 Å². The predicted octanol–water partition coefficient (Wildman–Crippen LogP) is 2.00. The number of hydrogen-bond acceptors (Lipinski definition) is 5. The van der Waals surface area contributed by atoms with E-state index in [2.05, 4.69) is 20.4 Å². The van der Waals surface area contributed by atoms with Crippen LogP contribution < -0.4 is 5.32 Å². The third kappa shape index (κ3) is 2.22. The van der Waals surface area contributed by atoms with E-state index in [1.807, 2.05) is 6.07 Å². The van der Waals surface area contributed by atoms with Crippen molar-refractivity contribution in [1.29, 1.82) is 0 Å². The summed E-state index contributed by atoms with van der Waals surface area (Å²) in [5.41, 5.74) is 3.49. The van der Waals surface area contributed by atoms with Gasteiger partial charge in [-0.15, -0.1) is 0 Å². The van der Waals surface area contributed by atoms with Crippen LogP contribution in [-0.2, 0) is 6.42 Å². The SMILES string of the molecule is O=C(O)c1cccc(-n2nc(-c3cnccn3)c3c2NCC3)c1. The number of carboxylic acids is 1. The standard InChI is InChI=1S/C16H13N5O2/c22-16(23)10-2-1-3-11(8-10)21-15-12(4-5-19-15)14(20-21)13-9-17-6-7-18-13/h1-3,6-9,19H,4-5H2,(H,22,23). The smallest absolute Gasteiger partial charge is 0.335 e. The minimum Gasteiger partial charge on any atom is -0.478 e. The Labute approximate surface area is 131 Å². The molecule has 23 heavy (non-hydrogen) atoms. The summed E-state index contributed by atoms with van der Waals surface area (Å²) < 4.78 is 1.73. The van der Waals surface area contributed by atoms with Crippen molar-refractivity contribution in [3.05, 3.63) is 54.0 Å². The van der Waals surface area contributed by atoms with Crippen LogP contribution >= 0.6 is 0 Å². The summed E-state index contributed by atoms with van der Waals surface area (Å²) in [6.07, 6.45) is 5.78. The molecule has 1 aliphatic heterocycles. The predicted molar refractivity (Wildman–Crippen MR) is 83.7 cm³/mol. The van der Waals surface area contributed by atoms with Gasteiger partial charge in [0.05, 0.1) is 17.4 Å². The van der Waals surface area contributed by atoms with E-state index < -0.39 is 5.97 Å². The van der Waals surface area contributed by atoms with Gasteiger partial charge in [0.1, 0.15) is 17.2 Å². The first-order valence-electron chi connectivity index (χ1n) is 7.20. The van der Waals surface area contributed by atoms with Crippen molar-refractivity contribution in [1.82, 2.24) is 19.7 Å². The van der Waals surface area contributed by atoms with Gasteiger partial charge in [-0.1, -0.05) is 6.07 Å². The number of benzene rings is 1. The van der Waals surface area contributed by atoms with Crippen molar-refractivity contribution < 1.29 is 9.90 Å². The Balaban J connectivity index is 1.88. The lowest BCUT2D eigenvalue weighted by Crippen LogP contribution is -2.06. The number of anilines is 1. The van der Waals surface area contributed by atoms with Crippen LogP contribution in [0.5, 0.6) is 0 Å². The number of hydrogen-bond donors (Lipinski definition) is 2. The van der Waals surface area contributed by atoms with Gasteiger partial charge in [-0.05, 0) is 24.6 Å². The first-order chi connectivity index (χ1) is 11.2. The molecule has 1 aromatic carbocycles. The number of nitrogens with zero attached hydrogens (tertiary/aromatic N) is 4. The molecule has 1 aliphatic rings. The number of nitrogens with one attached hydrogen (secondary N) is 1. The van der Waals surface area contributed by atoms with Gasteiger partial charge in [-0.25, -0.2) is 9.48 Å². The second-order valence-corrected chi connectivity index (χ2v) is 5.21. The van der Waals surface area contributed by atoms with E-state index in [0.29, 0.717) is 11.4 Å². The van der Waals surface area contributed by atoms with E-state index in [1.165, 1.54) is 0 Å². The summed E-state index contributed by atoms with van der Waals surface area (Å²) in [6.45, 7) is 0.819. The lowest BCUT2D eigenvalue weighted by Gasteiger charge is -2.07. The maximum atomic E-state index is 11.2. The van der Waals surface area contributed by atoms with Crippen LogP contribution in [0, 0.1) is 0 Å². The molecule has 0 saturated carbocycles.